The van der Waals surface area contributed by atoms with Gasteiger partial charge in [0.05, 0.1) is 11.5 Å². The van der Waals surface area contributed by atoms with E-state index in [4.69, 9.17) is 4.74 Å². The van der Waals surface area contributed by atoms with Gasteiger partial charge in [0.25, 0.3) is 0 Å². The fourth-order valence-electron chi connectivity index (χ4n) is 3.04. The lowest BCUT2D eigenvalue weighted by molar-refractivity contribution is 0.110. The van der Waals surface area contributed by atoms with Crippen molar-refractivity contribution in [1.82, 2.24) is 10.2 Å². The third-order valence-corrected chi connectivity index (χ3v) is 6.10. The highest BCUT2D eigenvalue weighted by Crippen LogP contribution is 2.19. The molecule has 0 aliphatic carbocycles. The number of hydrogen-bond donors (Lipinski definition) is 1. The maximum Gasteiger partial charge on any atom is 0.317 e. The minimum Gasteiger partial charge on any atom is -0.490 e. The molecule has 2 amide bonds. The Balaban J connectivity index is 1.44. The normalized spacial score (nSPS) is 24.3. The van der Waals surface area contributed by atoms with Gasteiger partial charge < -0.3 is 15.0 Å². The summed E-state index contributed by atoms with van der Waals surface area (Å²) in [5, 5.41) is 2.84. The van der Waals surface area contributed by atoms with Gasteiger partial charge in [0.2, 0.25) is 0 Å². The van der Waals surface area contributed by atoms with E-state index in [0.29, 0.717) is 19.5 Å². The molecule has 0 radical (unpaired) electrons. The Labute approximate surface area is 136 Å². The van der Waals surface area contributed by atoms with Crippen molar-refractivity contribution in [1.29, 1.82) is 0 Å². The van der Waals surface area contributed by atoms with E-state index in [2.05, 4.69) is 5.32 Å². The molecule has 1 aromatic carbocycles. The monoisotopic (exact) mass is 338 g/mol. The molecule has 2 fully saturated rings. The molecule has 23 heavy (non-hydrogen) atoms. The smallest absolute Gasteiger partial charge is 0.317 e. The summed E-state index contributed by atoms with van der Waals surface area (Å²) < 4.78 is 28.8. The summed E-state index contributed by atoms with van der Waals surface area (Å²) in [5.74, 6) is 1.09. The lowest BCUT2D eigenvalue weighted by Crippen LogP contribution is -2.49. The first-order chi connectivity index (χ1) is 11.0. The van der Waals surface area contributed by atoms with Crippen LogP contribution in [0.25, 0.3) is 0 Å². The van der Waals surface area contributed by atoms with E-state index in [9.17, 15) is 13.2 Å². The molecule has 0 aromatic heterocycles. The maximum absolute atomic E-state index is 12.2. The molecule has 7 heteroatoms. The molecule has 1 aromatic rings. The van der Waals surface area contributed by atoms with Gasteiger partial charge in [0, 0.05) is 32.0 Å². The van der Waals surface area contributed by atoms with E-state index in [1.54, 1.807) is 4.90 Å². The average molecular weight is 338 g/mol. The molecule has 1 N–H and O–H groups in total. The molecule has 0 saturated carbocycles. The number of hydrogen-bond acceptors (Lipinski definition) is 4. The Morgan fingerprint density at radius 3 is 2.43 bits per heavy atom. The second-order valence-corrected chi connectivity index (χ2v) is 8.40. The van der Waals surface area contributed by atoms with Crippen molar-refractivity contribution in [2.75, 3.05) is 24.6 Å². The average Bonchev–Trinajstić information content (AvgIpc) is 2.88. The molecule has 2 saturated heterocycles. The largest absolute Gasteiger partial charge is 0.490 e. The Morgan fingerprint density at radius 2 is 1.83 bits per heavy atom. The first-order valence-electron chi connectivity index (χ1n) is 7.99. The van der Waals surface area contributed by atoms with Gasteiger partial charge in [-0.25, -0.2) is 13.2 Å². The fourth-order valence-corrected chi connectivity index (χ4v) is 4.72. The number of carbonyl (C=O) groups is 1. The third kappa shape index (κ3) is 4.37. The first kappa shape index (κ1) is 16.1. The highest BCUT2D eigenvalue weighted by molar-refractivity contribution is 7.91. The third-order valence-electron chi connectivity index (χ3n) is 4.34. The summed E-state index contributed by atoms with van der Waals surface area (Å²) in [7, 11) is -2.97. The van der Waals surface area contributed by atoms with Gasteiger partial charge in [-0.2, -0.15) is 0 Å². The number of nitrogens with zero attached hydrogens (tertiary/aromatic N) is 1. The Kier molecular flexibility index (Phi) is 4.75. The number of benzene rings is 1. The zero-order chi connectivity index (χ0) is 16.3. The van der Waals surface area contributed by atoms with Crippen LogP contribution < -0.4 is 10.1 Å². The molecule has 2 aliphatic rings. The summed E-state index contributed by atoms with van der Waals surface area (Å²) >= 11 is 0. The Bertz CT molecular complexity index is 639. The van der Waals surface area contributed by atoms with Gasteiger partial charge in [-0.05, 0) is 18.6 Å². The van der Waals surface area contributed by atoms with Crippen molar-refractivity contribution in [2.24, 2.45) is 0 Å². The molecule has 3 rings (SSSR count). The number of likely N-dealkylation sites (tertiary alicyclic amines) is 1. The van der Waals surface area contributed by atoms with E-state index >= 15 is 0 Å². The van der Waals surface area contributed by atoms with Gasteiger partial charge >= 0.3 is 6.03 Å². The minimum absolute atomic E-state index is 0.0618. The van der Waals surface area contributed by atoms with Crippen LogP contribution in [0.3, 0.4) is 0 Å². The molecule has 2 aliphatic heterocycles. The minimum atomic E-state index is -2.97. The van der Waals surface area contributed by atoms with Crippen molar-refractivity contribution in [2.45, 2.75) is 31.4 Å². The molecule has 126 valence electrons. The van der Waals surface area contributed by atoms with Crippen LogP contribution in [-0.4, -0.2) is 56.1 Å². The molecule has 0 spiro atoms. The molecule has 1 atom stereocenters. The van der Waals surface area contributed by atoms with Crippen LogP contribution >= 0.6 is 0 Å². The van der Waals surface area contributed by atoms with E-state index in [1.807, 2.05) is 30.3 Å². The zero-order valence-corrected chi connectivity index (χ0v) is 13.8. The molecule has 6 nitrogen and oxygen atoms in total. The van der Waals surface area contributed by atoms with Crippen molar-refractivity contribution in [3.05, 3.63) is 30.3 Å². The number of urea groups is 1. The summed E-state index contributed by atoms with van der Waals surface area (Å²) in [6.07, 6.45) is 2.20. The summed E-state index contributed by atoms with van der Waals surface area (Å²) in [6.45, 7) is 1.26. The van der Waals surface area contributed by atoms with Crippen LogP contribution in [0.2, 0.25) is 0 Å². The summed E-state index contributed by atoms with van der Waals surface area (Å²) in [6, 6.07) is 9.28. The Hall–Kier alpha value is -1.76. The predicted octanol–water partition coefficient (Wildman–Crippen LogP) is 1.43. The first-order valence-corrected chi connectivity index (χ1v) is 9.81. The van der Waals surface area contributed by atoms with Gasteiger partial charge in [-0.3, -0.25) is 0 Å². The van der Waals surface area contributed by atoms with E-state index < -0.39 is 9.84 Å². The van der Waals surface area contributed by atoms with Crippen LogP contribution in [0.4, 0.5) is 4.79 Å². The molecular weight excluding hydrogens is 316 g/mol. The van der Waals surface area contributed by atoms with E-state index in [1.165, 1.54) is 0 Å². The Morgan fingerprint density at radius 1 is 1.13 bits per heavy atom. The highest BCUT2D eigenvalue weighted by atomic mass is 32.2. The van der Waals surface area contributed by atoms with Crippen LogP contribution in [0.15, 0.2) is 30.3 Å². The molecule has 0 unspecified atom stereocenters. The number of ether oxygens (including phenoxy) is 1. The number of piperidine rings is 1. The van der Waals surface area contributed by atoms with Gasteiger partial charge in [0.1, 0.15) is 11.9 Å². The predicted molar refractivity (Wildman–Crippen MR) is 87.3 cm³/mol. The summed E-state index contributed by atoms with van der Waals surface area (Å²) in [4.78, 5) is 14.0. The molecule has 2 heterocycles. The van der Waals surface area contributed by atoms with Crippen molar-refractivity contribution in [3.63, 3.8) is 0 Å². The molecular formula is C16H22N2O4S. The maximum atomic E-state index is 12.2. The fraction of sp³-hybridized carbons (Fsp3) is 0.562. The van der Waals surface area contributed by atoms with Crippen LogP contribution in [-0.2, 0) is 9.84 Å². The van der Waals surface area contributed by atoms with E-state index in [0.717, 1.165) is 18.6 Å². The topological polar surface area (TPSA) is 75.7 Å². The lowest BCUT2D eigenvalue weighted by Gasteiger charge is -2.32. The summed E-state index contributed by atoms with van der Waals surface area (Å²) in [5.41, 5.74) is 0. The van der Waals surface area contributed by atoms with Crippen molar-refractivity contribution in [3.8, 4) is 5.75 Å². The lowest BCUT2D eigenvalue weighted by atomic mass is 10.1. The van der Waals surface area contributed by atoms with Crippen LogP contribution in [0.1, 0.15) is 19.3 Å². The molecule has 0 bridgehead atoms. The van der Waals surface area contributed by atoms with Crippen LogP contribution in [0.5, 0.6) is 5.75 Å². The SMILES string of the molecule is O=C(N[C@@H]1CCS(=O)(=O)C1)N1CCC(Oc2ccccc2)CC1. The number of nitrogens with one attached hydrogen (secondary N) is 1. The number of amides is 2. The van der Waals surface area contributed by atoms with Crippen molar-refractivity contribution < 1.29 is 17.9 Å². The zero-order valence-electron chi connectivity index (χ0n) is 13.0. The number of rotatable bonds is 3. The number of carbonyl (C=O) groups excluding carboxylic acids is 1. The van der Waals surface area contributed by atoms with Gasteiger partial charge in [0.15, 0.2) is 9.84 Å². The second kappa shape index (κ2) is 6.78. The van der Waals surface area contributed by atoms with Crippen LogP contribution in [0, 0.1) is 0 Å². The van der Waals surface area contributed by atoms with E-state index in [-0.39, 0.29) is 29.7 Å². The number of para-hydroxylation sites is 1. The van der Waals surface area contributed by atoms with Gasteiger partial charge in [-0.15, -0.1) is 0 Å². The quantitative estimate of drug-likeness (QED) is 0.904. The highest BCUT2D eigenvalue weighted by Gasteiger charge is 2.31. The number of sulfone groups is 1. The van der Waals surface area contributed by atoms with Crippen molar-refractivity contribution >= 4 is 15.9 Å². The standard InChI is InChI=1S/C16H22N2O4S/c19-16(17-13-8-11-23(20,21)12-13)18-9-6-15(7-10-18)22-14-4-2-1-3-5-14/h1-5,13,15H,6-12H2,(H,17,19)/t13-/m1/s1. The second-order valence-electron chi connectivity index (χ2n) is 6.17. The van der Waals surface area contributed by atoms with Gasteiger partial charge in [-0.1, -0.05) is 18.2 Å².